The molecule has 0 saturated carbocycles. The van der Waals surface area contributed by atoms with Crippen LogP contribution in [0.4, 0.5) is 17.2 Å². The van der Waals surface area contributed by atoms with Gasteiger partial charge in [0.05, 0.1) is 18.4 Å². The minimum atomic E-state index is 0. The zero-order chi connectivity index (χ0) is 16.2. The maximum absolute atomic E-state index is 6.10. The molecule has 0 aliphatic heterocycles. The third-order valence-electron chi connectivity index (χ3n) is 3.29. The van der Waals surface area contributed by atoms with Gasteiger partial charge in [0.15, 0.2) is 12.4 Å². The molecule has 0 unspecified atom stereocenters. The van der Waals surface area contributed by atoms with E-state index in [1.165, 1.54) is 0 Å². The lowest BCUT2D eigenvalue weighted by Gasteiger charge is -2.02. The lowest BCUT2D eigenvalue weighted by molar-refractivity contribution is -0.671. The number of halogens is 2. The molecule has 0 aliphatic rings. The fourth-order valence-electron chi connectivity index (χ4n) is 2.12. The number of hydrogen-bond acceptors (Lipinski definition) is 4. The van der Waals surface area contributed by atoms with E-state index in [2.05, 4.69) is 15.3 Å². The van der Waals surface area contributed by atoms with Crippen LogP contribution >= 0.6 is 11.6 Å². The second kappa shape index (κ2) is 7.90. The largest absolute Gasteiger partial charge is 1.00 e. The number of nitrogens with two attached hydrogens (primary N) is 1. The molecule has 124 valence electrons. The van der Waals surface area contributed by atoms with Crippen LogP contribution in [0.3, 0.4) is 0 Å². The first kappa shape index (κ1) is 17.9. The van der Waals surface area contributed by atoms with E-state index in [9.17, 15) is 0 Å². The van der Waals surface area contributed by atoms with Crippen molar-refractivity contribution in [2.24, 2.45) is 17.3 Å². The van der Waals surface area contributed by atoms with Gasteiger partial charge in [-0.15, -0.1) is 5.11 Å². The lowest BCUT2D eigenvalue weighted by Crippen LogP contribution is -3.00. The molecule has 0 aliphatic carbocycles. The van der Waals surface area contributed by atoms with Gasteiger partial charge in [-0.05, 0) is 30.3 Å². The second-order valence-corrected chi connectivity index (χ2v) is 5.56. The van der Waals surface area contributed by atoms with Gasteiger partial charge in [0.2, 0.25) is 0 Å². The number of aromatic nitrogens is 3. The third-order valence-corrected chi connectivity index (χ3v) is 3.55. The summed E-state index contributed by atoms with van der Waals surface area (Å²) in [7, 11) is 1.97. The van der Waals surface area contributed by atoms with Crippen molar-refractivity contribution < 1.29 is 17.0 Å². The van der Waals surface area contributed by atoms with Crippen molar-refractivity contribution in [3.8, 4) is 0 Å². The van der Waals surface area contributed by atoms with Crippen molar-refractivity contribution in [3.05, 3.63) is 65.6 Å². The fourth-order valence-corrected chi connectivity index (χ4v) is 2.25. The molecule has 0 spiro atoms. The van der Waals surface area contributed by atoms with Gasteiger partial charge in [-0.25, -0.2) is 9.25 Å². The molecule has 0 fully saturated rings. The first-order chi connectivity index (χ1) is 11.1. The quantitative estimate of drug-likeness (QED) is 0.539. The molecule has 2 aromatic heterocycles. The normalized spacial score (nSPS) is 10.8. The predicted octanol–water partition coefficient (Wildman–Crippen LogP) is 0.411. The van der Waals surface area contributed by atoms with E-state index in [1.807, 2.05) is 36.1 Å². The Morgan fingerprint density at radius 1 is 1.21 bits per heavy atom. The van der Waals surface area contributed by atoms with E-state index >= 15 is 0 Å². The molecule has 0 amide bonds. The smallest absolute Gasteiger partial charge is 0.173 e. The molecule has 1 aromatic carbocycles. The SMILES string of the molecule is C[n+]1cccc(Cn2ncc(N=Nc3ccc(Cl)cc3)c2N)c1.[Cl-]. The number of anilines is 1. The molecule has 0 radical (unpaired) electrons. The highest BCUT2D eigenvalue weighted by Crippen LogP contribution is 2.25. The Balaban J connectivity index is 0.00000208. The highest BCUT2D eigenvalue weighted by Gasteiger charge is 2.08. The van der Waals surface area contributed by atoms with Crippen LogP contribution in [0.15, 0.2) is 65.2 Å². The summed E-state index contributed by atoms with van der Waals surface area (Å²) >= 11 is 5.84. The van der Waals surface area contributed by atoms with Crippen molar-refractivity contribution in [2.45, 2.75) is 6.54 Å². The molecular formula is C16H16Cl2N6. The van der Waals surface area contributed by atoms with Crippen molar-refractivity contribution in [2.75, 3.05) is 5.73 Å². The van der Waals surface area contributed by atoms with Crippen LogP contribution in [-0.2, 0) is 13.6 Å². The summed E-state index contributed by atoms with van der Waals surface area (Å²) in [5, 5.41) is 13.2. The molecule has 3 aromatic rings. The van der Waals surface area contributed by atoms with Crippen molar-refractivity contribution >= 4 is 28.8 Å². The zero-order valence-corrected chi connectivity index (χ0v) is 14.5. The first-order valence-electron chi connectivity index (χ1n) is 7.04. The van der Waals surface area contributed by atoms with Crippen LogP contribution in [-0.4, -0.2) is 9.78 Å². The van der Waals surface area contributed by atoms with Gasteiger partial charge in [0.1, 0.15) is 18.6 Å². The summed E-state index contributed by atoms with van der Waals surface area (Å²) < 4.78 is 3.68. The number of nitrogen functional groups attached to an aromatic ring is 1. The average molecular weight is 363 g/mol. The number of pyridine rings is 1. The van der Waals surface area contributed by atoms with E-state index < -0.39 is 0 Å². The second-order valence-electron chi connectivity index (χ2n) is 5.13. The van der Waals surface area contributed by atoms with Gasteiger partial charge in [-0.3, -0.25) is 0 Å². The van der Waals surface area contributed by atoms with Crippen LogP contribution in [0.2, 0.25) is 5.02 Å². The van der Waals surface area contributed by atoms with E-state index in [4.69, 9.17) is 17.3 Å². The minimum Gasteiger partial charge on any atom is -1.00 e. The van der Waals surface area contributed by atoms with Gasteiger partial charge in [0, 0.05) is 16.7 Å². The van der Waals surface area contributed by atoms with Crippen LogP contribution in [0.25, 0.3) is 0 Å². The summed E-state index contributed by atoms with van der Waals surface area (Å²) in [5.41, 5.74) is 8.45. The summed E-state index contributed by atoms with van der Waals surface area (Å²) in [4.78, 5) is 0. The van der Waals surface area contributed by atoms with Crippen LogP contribution in [0, 0.1) is 0 Å². The van der Waals surface area contributed by atoms with Crippen molar-refractivity contribution in [3.63, 3.8) is 0 Å². The maximum atomic E-state index is 6.10. The Hall–Kier alpha value is -2.44. The van der Waals surface area contributed by atoms with Crippen LogP contribution in [0.1, 0.15) is 5.56 Å². The Bertz CT molecular complexity index is 842. The van der Waals surface area contributed by atoms with Gasteiger partial charge in [0.25, 0.3) is 0 Å². The minimum absolute atomic E-state index is 0. The van der Waals surface area contributed by atoms with E-state index in [1.54, 1.807) is 35.1 Å². The molecule has 3 rings (SSSR count). The molecule has 0 atom stereocenters. The molecule has 6 nitrogen and oxygen atoms in total. The fraction of sp³-hybridized carbons (Fsp3) is 0.125. The molecule has 0 saturated heterocycles. The van der Waals surface area contributed by atoms with Gasteiger partial charge in [-0.2, -0.15) is 10.2 Å². The third kappa shape index (κ3) is 4.31. The van der Waals surface area contributed by atoms with Gasteiger partial charge in [-0.1, -0.05) is 11.6 Å². The van der Waals surface area contributed by atoms with Crippen LogP contribution < -0.4 is 22.7 Å². The Morgan fingerprint density at radius 2 is 1.96 bits per heavy atom. The predicted molar refractivity (Wildman–Crippen MR) is 89.0 cm³/mol. The van der Waals surface area contributed by atoms with Gasteiger partial charge < -0.3 is 18.1 Å². The summed E-state index contributed by atoms with van der Waals surface area (Å²) in [6, 6.07) is 11.1. The lowest BCUT2D eigenvalue weighted by atomic mass is 10.3. The number of aryl methyl sites for hydroxylation is 1. The van der Waals surface area contributed by atoms with Crippen LogP contribution in [0.5, 0.6) is 0 Å². The monoisotopic (exact) mass is 362 g/mol. The standard InChI is InChI=1S/C16H16ClN6.ClH/c1-22-8-2-3-12(10-22)11-23-16(18)15(9-19-23)21-20-14-6-4-13(17)5-7-14;/h2-10H,11,18H2,1H3;1H/q+1;/p-1. The number of rotatable bonds is 4. The molecular weight excluding hydrogens is 347 g/mol. The number of hydrogen-bond donors (Lipinski definition) is 1. The Labute approximate surface area is 151 Å². The molecule has 2 N–H and O–H groups in total. The maximum Gasteiger partial charge on any atom is 0.173 e. The molecule has 2 heterocycles. The zero-order valence-electron chi connectivity index (χ0n) is 13.0. The first-order valence-corrected chi connectivity index (χ1v) is 7.42. The van der Waals surface area contributed by atoms with Gasteiger partial charge >= 0.3 is 0 Å². The van der Waals surface area contributed by atoms with Crippen molar-refractivity contribution in [1.82, 2.24) is 9.78 Å². The summed E-state index contributed by atoms with van der Waals surface area (Å²) in [6.45, 7) is 0.580. The topological polar surface area (TPSA) is 72.4 Å². The number of benzene rings is 1. The van der Waals surface area contributed by atoms with Crippen molar-refractivity contribution in [1.29, 1.82) is 0 Å². The average Bonchev–Trinajstić information content (AvgIpc) is 2.87. The Kier molecular flexibility index (Phi) is 5.89. The summed E-state index contributed by atoms with van der Waals surface area (Å²) in [6.07, 6.45) is 5.61. The Morgan fingerprint density at radius 3 is 2.67 bits per heavy atom. The van der Waals surface area contributed by atoms with E-state index in [-0.39, 0.29) is 12.4 Å². The molecule has 24 heavy (non-hydrogen) atoms. The van der Waals surface area contributed by atoms with E-state index in [0.717, 1.165) is 5.56 Å². The highest BCUT2D eigenvalue weighted by atomic mass is 35.5. The number of azo groups is 1. The molecule has 0 bridgehead atoms. The molecule has 8 heteroatoms. The van der Waals surface area contributed by atoms with E-state index in [0.29, 0.717) is 28.8 Å². The highest BCUT2D eigenvalue weighted by molar-refractivity contribution is 6.30. The summed E-state index contributed by atoms with van der Waals surface area (Å²) in [5.74, 6) is 0.481. The number of nitrogens with zero attached hydrogens (tertiary/aromatic N) is 5.